The van der Waals surface area contributed by atoms with Crippen LogP contribution >= 0.6 is 0 Å². The molecular formula is C12H18O7. The Morgan fingerprint density at radius 1 is 1.05 bits per heavy atom. The van der Waals surface area contributed by atoms with Crippen molar-refractivity contribution in [1.82, 2.24) is 0 Å². The van der Waals surface area contributed by atoms with E-state index in [1.165, 1.54) is 0 Å². The standard InChI is InChI=1S/C12H18O7/c1-10(2)15-6-12(19-10)9(13)16-8-7(5-14-12)17-11(3,4)18-8/h7-8H,5-6H2,1-4H3/t7-,8-,12+/m1/s1. The summed E-state index contributed by atoms with van der Waals surface area (Å²) in [6.45, 7) is 7.05. The van der Waals surface area contributed by atoms with Crippen molar-refractivity contribution in [2.45, 2.75) is 57.5 Å². The summed E-state index contributed by atoms with van der Waals surface area (Å²) in [4.78, 5) is 12.2. The zero-order valence-electron chi connectivity index (χ0n) is 11.4. The smallest absolute Gasteiger partial charge is 0.371 e. The van der Waals surface area contributed by atoms with Crippen LogP contribution in [-0.2, 0) is 33.2 Å². The molecule has 7 heteroatoms. The van der Waals surface area contributed by atoms with E-state index in [0.29, 0.717) is 0 Å². The van der Waals surface area contributed by atoms with Crippen LogP contribution in [0.25, 0.3) is 0 Å². The van der Waals surface area contributed by atoms with Crippen LogP contribution in [0, 0.1) is 0 Å². The normalized spacial score (nSPS) is 43.9. The van der Waals surface area contributed by atoms with Gasteiger partial charge in [0, 0.05) is 0 Å². The Bertz CT molecular complexity index is 405. The summed E-state index contributed by atoms with van der Waals surface area (Å²) in [5.74, 6) is -3.85. The van der Waals surface area contributed by atoms with E-state index in [0.717, 1.165) is 0 Å². The third kappa shape index (κ3) is 2.25. The number of ether oxygens (including phenoxy) is 6. The Kier molecular flexibility index (Phi) is 2.72. The summed E-state index contributed by atoms with van der Waals surface area (Å²) in [5, 5.41) is 0. The van der Waals surface area contributed by atoms with E-state index in [2.05, 4.69) is 0 Å². The van der Waals surface area contributed by atoms with Gasteiger partial charge in [-0.3, -0.25) is 0 Å². The van der Waals surface area contributed by atoms with Crippen molar-refractivity contribution >= 4 is 5.97 Å². The van der Waals surface area contributed by atoms with E-state index in [1.54, 1.807) is 27.7 Å². The molecule has 0 radical (unpaired) electrons. The third-order valence-corrected chi connectivity index (χ3v) is 3.17. The third-order valence-electron chi connectivity index (χ3n) is 3.17. The van der Waals surface area contributed by atoms with Crippen molar-refractivity contribution in [2.24, 2.45) is 0 Å². The van der Waals surface area contributed by atoms with Gasteiger partial charge in [0.05, 0.1) is 6.61 Å². The fourth-order valence-electron chi connectivity index (χ4n) is 2.38. The fraction of sp³-hybridized carbons (Fsp3) is 0.917. The van der Waals surface area contributed by atoms with Gasteiger partial charge in [0.2, 0.25) is 6.29 Å². The Morgan fingerprint density at radius 3 is 2.42 bits per heavy atom. The molecule has 3 aliphatic rings. The highest BCUT2D eigenvalue weighted by Gasteiger charge is 2.59. The number of rotatable bonds is 0. The summed E-state index contributed by atoms with van der Waals surface area (Å²) in [5.41, 5.74) is 0. The van der Waals surface area contributed by atoms with Crippen molar-refractivity contribution in [1.29, 1.82) is 0 Å². The molecule has 3 aliphatic heterocycles. The van der Waals surface area contributed by atoms with Crippen molar-refractivity contribution in [2.75, 3.05) is 13.2 Å². The van der Waals surface area contributed by atoms with Gasteiger partial charge in [-0.05, 0) is 27.7 Å². The molecule has 0 N–H and O–H groups in total. The molecule has 108 valence electrons. The molecule has 0 unspecified atom stereocenters. The summed E-state index contributed by atoms with van der Waals surface area (Å²) in [6, 6.07) is 0. The largest absolute Gasteiger partial charge is 0.429 e. The van der Waals surface area contributed by atoms with Gasteiger partial charge in [0.15, 0.2) is 11.6 Å². The number of esters is 1. The molecule has 3 fully saturated rings. The van der Waals surface area contributed by atoms with Crippen LogP contribution in [-0.4, -0.2) is 48.9 Å². The van der Waals surface area contributed by atoms with E-state index in [1.807, 2.05) is 0 Å². The first-order chi connectivity index (χ1) is 8.72. The van der Waals surface area contributed by atoms with Crippen LogP contribution in [0.1, 0.15) is 27.7 Å². The van der Waals surface area contributed by atoms with E-state index >= 15 is 0 Å². The molecule has 0 bridgehead atoms. The topological polar surface area (TPSA) is 72.5 Å². The molecule has 3 atom stereocenters. The van der Waals surface area contributed by atoms with Crippen LogP contribution in [0.15, 0.2) is 0 Å². The Hall–Kier alpha value is -0.730. The monoisotopic (exact) mass is 274 g/mol. The number of fused-ring (bicyclic) bond motifs is 1. The lowest BCUT2D eigenvalue weighted by Crippen LogP contribution is -2.46. The highest BCUT2D eigenvalue weighted by Crippen LogP contribution is 2.38. The number of hydrogen-bond donors (Lipinski definition) is 0. The first-order valence-electron chi connectivity index (χ1n) is 6.26. The summed E-state index contributed by atoms with van der Waals surface area (Å²) < 4.78 is 32.9. The minimum Gasteiger partial charge on any atom is -0.429 e. The highest BCUT2D eigenvalue weighted by molar-refractivity contribution is 5.79. The van der Waals surface area contributed by atoms with Crippen molar-refractivity contribution in [3.8, 4) is 0 Å². The van der Waals surface area contributed by atoms with Gasteiger partial charge in [-0.25, -0.2) is 4.79 Å². The molecule has 0 amide bonds. The average Bonchev–Trinajstić information content (AvgIpc) is 2.70. The maximum atomic E-state index is 12.2. The summed E-state index contributed by atoms with van der Waals surface area (Å²) in [7, 11) is 0. The average molecular weight is 274 g/mol. The SMILES string of the molecule is CC1(C)O[C@H]2OC(=O)[C@@]3(COC(C)(C)O3)OC[C@H]2O1. The zero-order valence-corrected chi connectivity index (χ0v) is 11.4. The Balaban J connectivity index is 1.78. The lowest BCUT2D eigenvalue weighted by Gasteiger charge is -2.26. The molecule has 3 saturated heterocycles. The van der Waals surface area contributed by atoms with Gasteiger partial charge < -0.3 is 28.4 Å². The molecule has 3 rings (SSSR count). The van der Waals surface area contributed by atoms with E-state index in [4.69, 9.17) is 28.4 Å². The molecule has 0 saturated carbocycles. The second-order valence-corrected chi connectivity index (χ2v) is 5.80. The van der Waals surface area contributed by atoms with Gasteiger partial charge in [0.25, 0.3) is 5.79 Å². The number of carbonyl (C=O) groups is 1. The van der Waals surface area contributed by atoms with Crippen LogP contribution in [0.3, 0.4) is 0 Å². The van der Waals surface area contributed by atoms with E-state index < -0.39 is 35.7 Å². The number of carbonyl (C=O) groups excluding carboxylic acids is 1. The molecular weight excluding hydrogens is 256 g/mol. The van der Waals surface area contributed by atoms with Gasteiger partial charge in [-0.1, -0.05) is 0 Å². The lowest BCUT2D eigenvalue weighted by atomic mass is 10.3. The van der Waals surface area contributed by atoms with Gasteiger partial charge in [-0.15, -0.1) is 0 Å². The molecule has 3 heterocycles. The summed E-state index contributed by atoms with van der Waals surface area (Å²) >= 11 is 0. The predicted octanol–water partition coefficient (Wildman–Crippen LogP) is 0.517. The molecule has 0 aromatic rings. The Labute approximate surface area is 111 Å². The van der Waals surface area contributed by atoms with Gasteiger partial charge in [-0.2, -0.15) is 0 Å². The molecule has 0 aromatic heterocycles. The maximum Gasteiger partial charge on any atom is 0.371 e. The first-order valence-corrected chi connectivity index (χ1v) is 6.26. The van der Waals surface area contributed by atoms with E-state index in [9.17, 15) is 4.79 Å². The van der Waals surface area contributed by atoms with Gasteiger partial charge >= 0.3 is 5.97 Å². The lowest BCUT2D eigenvalue weighted by molar-refractivity contribution is -0.267. The van der Waals surface area contributed by atoms with Crippen molar-refractivity contribution < 1.29 is 33.2 Å². The molecule has 7 nitrogen and oxygen atoms in total. The summed E-state index contributed by atoms with van der Waals surface area (Å²) in [6.07, 6.45) is -1.25. The fourth-order valence-corrected chi connectivity index (χ4v) is 2.38. The zero-order chi connectivity index (χ0) is 13.9. The molecule has 0 aliphatic carbocycles. The second-order valence-electron chi connectivity index (χ2n) is 5.80. The quantitative estimate of drug-likeness (QED) is 0.596. The minimum absolute atomic E-state index is 0.0122. The first kappa shape index (κ1) is 13.3. The van der Waals surface area contributed by atoms with Crippen LogP contribution < -0.4 is 0 Å². The Morgan fingerprint density at radius 2 is 1.79 bits per heavy atom. The molecule has 0 aromatic carbocycles. The molecule has 19 heavy (non-hydrogen) atoms. The van der Waals surface area contributed by atoms with Crippen LogP contribution in [0.5, 0.6) is 0 Å². The highest BCUT2D eigenvalue weighted by atomic mass is 16.9. The second kappa shape index (κ2) is 3.89. The number of hydrogen-bond acceptors (Lipinski definition) is 7. The van der Waals surface area contributed by atoms with Crippen molar-refractivity contribution in [3.05, 3.63) is 0 Å². The maximum absolute atomic E-state index is 12.2. The molecule has 1 spiro atoms. The van der Waals surface area contributed by atoms with Crippen molar-refractivity contribution in [3.63, 3.8) is 0 Å². The minimum atomic E-state index is -1.52. The van der Waals surface area contributed by atoms with Crippen LogP contribution in [0.2, 0.25) is 0 Å². The van der Waals surface area contributed by atoms with E-state index in [-0.39, 0.29) is 13.2 Å². The van der Waals surface area contributed by atoms with Crippen LogP contribution in [0.4, 0.5) is 0 Å². The predicted molar refractivity (Wildman–Crippen MR) is 59.7 cm³/mol. The van der Waals surface area contributed by atoms with Gasteiger partial charge in [0.1, 0.15) is 12.7 Å².